The van der Waals surface area contributed by atoms with Gasteiger partial charge in [0.2, 0.25) is 10.0 Å². The molecule has 1 aromatic heterocycles. The van der Waals surface area contributed by atoms with Gasteiger partial charge in [-0.15, -0.1) is 0 Å². The quantitative estimate of drug-likeness (QED) is 0.852. The summed E-state index contributed by atoms with van der Waals surface area (Å²) in [7, 11) is -1.81. The van der Waals surface area contributed by atoms with Gasteiger partial charge in [0.05, 0.1) is 5.69 Å². The van der Waals surface area contributed by atoms with Crippen LogP contribution in [0.2, 0.25) is 0 Å². The number of anilines is 1. The van der Waals surface area contributed by atoms with Crippen molar-refractivity contribution < 1.29 is 8.42 Å². The fourth-order valence-corrected chi connectivity index (χ4v) is 4.03. The number of aryl methyl sites for hydroxylation is 1. The Morgan fingerprint density at radius 1 is 1.53 bits per heavy atom. The van der Waals surface area contributed by atoms with Crippen molar-refractivity contribution in [3.05, 3.63) is 5.69 Å². The second kappa shape index (κ2) is 3.99. The summed E-state index contributed by atoms with van der Waals surface area (Å²) in [5.74, 6) is 0.0871. The van der Waals surface area contributed by atoms with E-state index in [9.17, 15) is 8.42 Å². The first-order chi connectivity index (χ1) is 7.89. The molecular weight excluding hydrogens is 240 g/mol. The van der Waals surface area contributed by atoms with Crippen LogP contribution < -0.4 is 5.73 Å². The van der Waals surface area contributed by atoms with Gasteiger partial charge in [0.1, 0.15) is 4.90 Å². The molecule has 0 spiro atoms. The summed E-state index contributed by atoms with van der Waals surface area (Å²) in [6.45, 7) is 4.04. The monoisotopic (exact) mass is 258 g/mol. The molecule has 1 saturated carbocycles. The van der Waals surface area contributed by atoms with Crippen LogP contribution in [0, 0.1) is 6.92 Å². The highest BCUT2D eigenvalue weighted by Gasteiger charge is 2.39. The second-order valence-electron chi connectivity index (χ2n) is 4.36. The molecule has 2 N–H and O–H groups in total. The van der Waals surface area contributed by atoms with Gasteiger partial charge in [0.15, 0.2) is 5.82 Å². The molecule has 0 atom stereocenters. The summed E-state index contributed by atoms with van der Waals surface area (Å²) < 4.78 is 28.0. The van der Waals surface area contributed by atoms with E-state index in [4.69, 9.17) is 5.73 Å². The Morgan fingerprint density at radius 3 is 2.47 bits per heavy atom. The fraction of sp³-hybridized carbons (Fsp3) is 0.700. The maximum atomic E-state index is 12.5. The molecule has 17 heavy (non-hydrogen) atoms. The maximum Gasteiger partial charge on any atom is 0.248 e. The largest absolute Gasteiger partial charge is 0.381 e. The Labute approximate surface area is 101 Å². The minimum Gasteiger partial charge on any atom is -0.381 e. The predicted octanol–water partition coefficient (Wildman–Crippen LogP) is 0.484. The van der Waals surface area contributed by atoms with Gasteiger partial charge in [-0.25, -0.2) is 8.42 Å². The Bertz CT molecular complexity index is 531. The van der Waals surface area contributed by atoms with E-state index in [1.54, 1.807) is 14.0 Å². The van der Waals surface area contributed by atoms with Gasteiger partial charge in [-0.2, -0.15) is 9.40 Å². The number of aromatic nitrogens is 2. The Hall–Kier alpha value is -1.08. The van der Waals surface area contributed by atoms with Crippen molar-refractivity contribution in [1.82, 2.24) is 14.1 Å². The summed E-state index contributed by atoms with van der Waals surface area (Å²) in [5, 5.41) is 3.96. The first-order valence-corrected chi connectivity index (χ1v) is 7.14. The molecule has 0 bridgehead atoms. The molecule has 6 nitrogen and oxygen atoms in total. The molecule has 1 aliphatic carbocycles. The van der Waals surface area contributed by atoms with Crippen molar-refractivity contribution >= 4 is 15.8 Å². The molecule has 1 aromatic rings. The van der Waals surface area contributed by atoms with E-state index >= 15 is 0 Å². The third-order valence-electron chi connectivity index (χ3n) is 3.14. The van der Waals surface area contributed by atoms with E-state index in [2.05, 4.69) is 5.10 Å². The van der Waals surface area contributed by atoms with Crippen molar-refractivity contribution in [1.29, 1.82) is 0 Å². The van der Waals surface area contributed by atoms with Gasteiger partial charge >= 0.3 is 0 Å². The summed E-state index contributed by atoms with van der Waals surface area (Å²) in [6.07, 6.45) is 1.87. The third-order valence-corrected chi connectivity index (χ3v) is 5.33. The number of rotatable bonds is 4. The van der Waals surface area contributed by atoms with E-state index in [1.807, 2.05) is 6.92 Å². The lowest BCUT2D eigenvalue weighted by atomic mass is 10.5. The lowest BCUT2D eigenvalue weighted by molar-refractivity contribution is 0.421. The molecule has 1 fully saturated rings. The molecular formula is C10H18N4O2S. The molecule has 7 heteroatoms. The molecule has 0 aliphatic heterocycles. The molecule has 0 saturated heterocycles. The van der Waals surface area contributed by atoms with Crippen LogP contribution in [-0.2, 0) is 17.1 Å². The number of hydrogen-bond acceptors (Lipinski definition) is 4. The van der Waals surface area contributed by atoms with Crippen molar-refractivity contribution in [3.8, 4) is 0 Å². The molecule has 0 unspecified atom stereocenters. The number of nitrogens with two attached hydrogens (primary N) is 1. The maximum absolute atomic E-state index is 12.5. The Morgan fingerprint density at radius 2 is 2.12 bits per heavy atom. The fourth-order valence-electron chi connectivity index (χ4n) is 2.04. The van der Waals surface area contributed by atoms with Gasteiger partial charge in [-0.1, -0.05) is 6.92 Å². The smallest absolute Gasteiger partial charge is 0.248 e. The van der Waals surface area contributed by atoms with Crippen LogP contribution in [0.25, 0.3) is 0 Å². The second-order valence-corrected chi connectivity index (χ2v) is 6.19. The molecule has 96 valence electrons. The van der Waals surface area contributed by atoms with E-state index in [0.29, 0.717) is 12.2 Å². The number of hydrogen-bond donors (Lipinski definition) is 1. The molecule has 0 amide bonds. The van der Waals surface area contributed by atoms with E-state index < -0.39 is 10.0 Å². The Balaban J connectivity index is 2.50. The molecule has 2 rings (SSSR count). The van der Waals surface area contributed by atoms with Crippen molar-refractivity contribution in [3.63, 3.8) is 0 Å². The molecule has 0 aromatic carbocycles. The number of sulfonamides is 1. The van der Waals surface area contributed by atoms with Crippen LogP contribution in [0.1, 0.15) is 25.5 Å². The number of nitrogen functional groups attached to an aromatic ring is 1. The van der Waals surface area contributed by atoms with Gasteiger partial charge in [-0.3, -0.25) is 4.68 Å². The van der Waals surface area contributed by atoms with Gasteiger partial charge in [0.25, 0.3) is 0 Å². The first kappa shape index (κ1) is 12.4. The van der Waals surface area contributed by atoms with Crippen molar-refractivity contribution in [2.45, 2.75) is 37.6 Å². The summed E-state index contributed by atoms with van der Waals surface area (Å²) in [5.41, 5.74) is 6.29. The van der Waals surface area contributed by atoms with Crippen LogP contribution in [0.15, 0.2) is 4.90 Å². The zero-order valence-corrected chi connectivity index (χ0v) is 11.2. The average Bonchev–Trinajstić information content (AvgIpc) is 2.97. The van der Waals surface area contributed by atoms with Crippen LogP contribution in [0.4, 0.5) is 5.82 Å². The molecule has 0 radical (unpaired) electrons. The zero-order valence-electron chi connectivity index (χ0n) is 10.3. The first-order valence-electron chi connectivity index (χ1n) is 5.70. The molecule has 1 heterocycles. The summed E-state index contributed by atoms with van der Waals surface area (Å²) >= 11 is 0. The van der Waals surface area contributed by atoms with E-state index in [0.717, 1.165) is 12.8 Å². The van der Waals surface area contributed by atoms with Crippen molar-refractivity contribution in [2.24, 2.45) is 7.05 Å². The third kappa shape index (κ3) is 1.93. The minimum atomic E-state index is -3.50. The highest BCUT2D eigenvalue weighted by atomic mass is 32.2. The highest BCUT2D eigenvalue weighted by Crippen LogP contribution is 2.34. The van der Waals surface area contributed by atoms with Gasteiger partial charge < -0.3 is 5.73 Å². The lowest BCUT2D eigenvalue weighted by Gasteiger charge is -2.19. The lowest BCUT2D eigenvalue weighted by Crippen LogP contribution is -2.33. The zero-order chi connectivity index (χ0) is 12.8. The normalized spacial score (nSPS) is 16.7. The van der Waals surface area contributed by atoms with Crippen LogP contribution >= 0.6 is 0 Å². The topological polar surface area (TPSA) is 81.2 Å². The summed E-state index contributed by atoms with van der Waals surface area (Å²) in [6, 6.07) is 0.143. The van der Waals surface area contributed by atoms with Crippen LogP contribution in [-0.4, -0.2) is 35.1 Å². The van der Waals surface area contributed by atoms with Gasteiger partial charge in [-0.05, 0) is 19.8 Å². The van der Waals surface area contributed by atoms with E-state index in [1.165, 1.54) is 8.99 Å². The standard InChI is InChI=1S/C10H18N4O2S/c1-4-14(8-5-6-8)17(15,16)9-7(2)13(3)12-10(9)11/h8H,4-6H2,1-3H3,(H2,11,12). The minimum absolute atomic E-state index is 0.0871. The number of nitrogens with zero attached hydrogens (tertiary/aromatic N) is 3. The van der Waals surface area contributed by atoms with Crippen LogP contribution in [0.3, 0.4) is 0 Å². The van der Waals surface area contributed by atoms with Crippen molar-refractivity contribution in [2.75, 3.05) is 12.3 Å². The predicted molar refractivity (Wildman–Crippen MR) is 64.9 cm³/mol. The molecule has 1 aliphatic rings. The van der Waals surface area contributed by atoms with E-state index in [-0.39, 0.29) is 16.8 Å². The Kier molecular flexibility index (Phi) is 2.90. The van der Waals surface area contributed by atoms with Crippen LogP contribution in [0.5, 0.6) is 0 Å². The SMILES string of the molecule is CCN(C1CC1)S(=O)(=O)c1c(N)nn(C)c1C. The summed E-state index contributed by atoms with van der Waals surface area (Å²) in [4.78, 5) is 0.161. The highest BCUT2D eigenvalue weighted by molar-refractivity contribution is 7.89. The van der Waals surface area contributed by atoms with Gasteiger partial charge in [0, 0.05) is 19.6 Å². The average molecular weight is 258 g/mol.